The second kappa shape index (κ2) is 11.1. The molecule has 1 aromatic rings. The number of halogens is 2. The highest BCUT2D eigenvalue weighted by Crippen LogP contribution is 2.44. The summed E-state index contributed by atoms with van der Waals surface area (Å²) in [7, 11) is 0. The van der Waals surface area contributed by atoms with Gasteiger partial charge in [0.1, 0.15) is 0 Å². The monoisotopic (exact) mass is 418 g/mol. The van der Waals surface area contributed by atoms with Crippen LogP contribution in [0.3, 0.4) is 0 Å². The molecule has 3 rings (SSSR count). The molecule has 0 saturated heterocycles. The van der Waals surface area contributed by atoms with Crippen LogP contribution in [0.5, 0.6) is 5.75 Å². The third kappa shape index (κ3) is 5.51. The highest BCUT2D eigenvalue weighted by Gasteiger charge is 2.34. The molecule has 2 nitrogen and oxygen atoms in total. The van der Waals surface area contributed by atoms with E-state index in [4.69, 9.17) is 4.74 Å². The summed E-state index contributed by atoms with van der Waals surface area (Å²) >= 11 is 0. The number of rotatable bonds is 9. The molecule has 2 aliphatic rings. The van der Waals surface area contributed by atoms with E-state index in [0.717, 1.165) is 38.0 Å². The largest absolute Gasteiger partial charge is 0.490 e. The van der Waals surface area contributed by atoms with E-state index in [2.05, 4.69) is 19.2 Å². The summed E-state index contributed by atoms with van der Waals surface area (Å²) in [5.74, 6) is 0.0566. The van der Waals surface area contributed by atoms with Crippen molar-refractivity contribution in [2.24, 2.45) is 23.7 Å². The lowest BCUT2D eigenvalue weighted by atomic mass is 9.68. The van der Waals surface area contributed by atoms with Crippen LogP contribution < -0.4 is 4.74 Å². The molecule has 0 amide bonds. The van der Waals surface area contributed by atoms with E-state index < -0.39 is 17.7 Å². The van der Waals surface area contributed by atoms with Gasteiger partial charge in [0, 0.05) is 5.56 Å². The molecule has 166 valence electrons. The van der Waals surface area contributed by atoms with Gasteiger partial charge in [-0.2, -0.15) is 4.39 Å². The quantitative estimate of drug-likeness (QED) is 0.341. The van der Waals surface area contributed by atoms with Crippen molar-refractivity contribution in [1.82, 2.24) is 0 Å². The fourth-order valence-corrected chi connectivity index (χ4v) is 5.33. The van der Waals surface area contributed by atoms with Crippen LogP contribution in [-0.2, 0) is 0 Å². The van der Waals surface area contributed by atoms with E-state index in [1.165, 1.54) is 37.8 Å². The normalized spacial score (nSPS) is 28.0. The second-order valence-corrected chi connectivity index (χ2v) is 9.09. The molecular formula is C26H36F2O2. The van der Waals surface area contributed by atoms with Gasteiger partial charge in [-0.3, -0.25) is 0 Å². The SMILES string of the molecule is C=CCCCOc1ccc([C@@H](O)C2CCC(C3CCC(C=C)CC3)CC2)c(F)c1F. The topological polar surface area (TPSA) is 29.5 Å². The number of aliphatic hydroxyl groups excluding tert-OH is 1. The van der Waals surface area contributed by atoms with E-state index in [-0.39, 0.29) is 17.2 Å². The van der Waals surface area contributed by atoms with E-state index >= 15 is 0 Å². The van der Waals surface area contributed by atoms with Gasteiger partial charge >= 0.3 is 0 Å². The number of unbranched alkanes of at least 4 members (excludes halogenated alkanes) is 1. The van der Waals surface area contributed by atoms with E-state index in [1.807, 2.05) is 0 Å². The molecule has 2 saturated carbocycles. The van der Waals surface area contributed by atoms with Gasteiger partial charge in [0.05, 0.1) is 12.7 Å². The molecule has 4 heteroatoms. The molecule has 1 N–H and O–H groups in total. The van der Waals surface area contributed by atoms with Gasteiger partial charge in [-0.05, 0) is 100 Å². The Morgan fingerprint density at radius 2 is 1.60 bits per heavy atom. The number of ether oxygens (including phenoxy) is 1. The molecule has 0 aliphatic heterocycles. The Balaban J connectivity index is 1.54. The minimum atomic E-state index is -1.00. The van der Waals surface area contributed by atoms with Crippen molar-refractivity contribution < 1.29 is 18.6 Å². The van der Waals surface area contributed by atoms with Crippen LogP contribution in [0.4, 0.5) is 8.78 Å². The predicted octanol–water partition coefficient (Wildman–Crippen LogP) is 7.14. The van der Waals surface area contributed by atoms with Gasteiger partial charge in [0.15, 0.2) is 11.6 Å². The highest BCUT2D eigenvalue weighted by atomic mass is 19.2. The van der Waals surface area contributed by atoms with Crippen LogP contribution >= 0.6 is 0 Å². The predicted molar refractivity (Wildman–Crippen MR) is 117 cm³/mol. The Kier molecular flexibility index (Phi) is 8.50. The molecule has 0 radical (unpaired) electrons. The number of aliphatic hydroxyl groups is 1. The van der Waals surface area contributed by atoms with Crippen LogP contribution in [-0.4, -0.2) is 11.7 Å². The van der Waals surface area contributed by atoms with Gasteiger partial charge in [0.25, 0.3) is 0 Å². The van der Waals surface area contributed by atoms with Gasteiger partial charge in [-0.15, -0.1) is 13.2 Å². The average molecular weight is 419 g/mol. The minimum absolute atomic E-state index is 0.0148. The molecule has 1 atom stereocenters. The van der Waals surface area contributed by atoms with Crippen molar-refractivity contribution in [2.75, 3.05) is 6.61 Å². The first-order valence-electron chi connectivity index (χ1n) is 11.6. The van der Waals surface area contributed by atoms with Crippen molar-refractivity contribution >= 4 is 0 Å². The molecule has 30 heavy (non-hydrogen) atoms. The Morgan fingerprint density at radius 1 is 0.967 bits per heavy atom. The first-order chi connectivity index (χ1) is 14.5. The molecule has 2 aliphatic carbocycles. The van der Waals surface area contributed by atoms with Crippen molar-refractivity contribution in [3.8, 4) is 5.75 Å². The zero-order chi connectivity index (χ0) is 21.5. The lowest BCUT2D eigenvalue weighted by molar-refractivity contribution is 0.0549. The van der Waals surface area contributed by atoms with Crippen LogP contribution in [0, 0.1) is 35.3 Å². The summed E-state index contributed by atoms with van der Waals surface area (Å²) in [6.07, 6.45) is 13.2. The van der Waals surface area contributed by atoms with E-state index in [9.17, 15) is 13.9 Å². The third-order valence-electron chi connectivity index (χ3n) is 7.29. The van der Waals surface area contributed by atoms with Gasteiger partial charge in [0.2, 0.25) is 5.82 Å². The Morgan fingerprint density at radius 3 is 2.20 bits per heavy atom. The summed E-state index contributed by atoms with van der Waals surface area (Å²) in [6, 6.07) is 2.92. The maximum Gasteiger partial charge on any atom is 0.200 e. The summed E-state index contributed by atoms with van der Waals surface area (Å²) < 4.78 is 34.4. The Labute approximate surface area is 180 Å². The van der Waals surface area contributed by atoms with Crippen molar-refractivity contribution in [1.29, 1.82) is 0 Å². The minimum Gasteiger partial charge on any atom is -0.490 e. The van der Waals surface area contributed by atoms with Gasteiger partial charge in [-0.1, -0.05) is 12.2 Å². The first-order valence-corrected chi connectivity index (χ1v) is 11.6. The molecular weight excluding hydrogens is 382 g/mol. The number of allylic oxidation sites excluding steroid dienone is 2. The second-order valence-electron chi connectivity index (χ2n) is 9.09. The molecule has 0 aromatic heterocycles. The summed E-state index contributed by atoms with van der Waals surface area (Å²) in [5.41, 5.74) is 0.0564. The fraction of sp³-hybridized carbons (Fsp3) is 0.615. The first kappa shape index (κ1) is 23.0. The highest BCUT2D eigenvalue weighted by molar-refractivity contribution is 5.32. The molecule has 2 fully saturated rings. The van der Waals surface area contributed by atoms with Crippen molar-refractivity contribution in [3.05, 3.63) is 54.6 Å². The zero-order valence-electron chi connectivity index (χ0n) is 18.0. The van der Waals surface area contributed by atoms with Gasteiger partial charge in [-0.25, -0.2) is 4.39 Å². The number of hydrogen-bond donors (Lipinski definition) is 1. The molecule has 0 heterocycles. The summed E-state index contributed by atoms with van der Waals surface area (Å²) in [4.78, 5) is 0. The fourth-order valence-electron chi connectivity index (χ4n) is 5.33. The van der Waals surface area contributed by atoms with Gasteiger partial charge < -0.3 is 9.84 Å². The van der Waals surface area contributed by atoms with E-state index in [1.54, 1.807) is 6.08 Å². The Hall–Kier alpha value is -1.68. The lowest BCUT2D eigenvalue weighted by Gasteiger charge is -2.38. The van der Waals surface area contributed by atoms with Crippen molar-refractivity contribution in [2.45, 2.75) is 70.3 Å². The standard InChI is InChI=1S/C26H36F2O2/c1-3-5-6-17-30-23-16-15-22(24(27)25(23)28)26(29)21-13-11-20(12-14-21)19-9-7-18(4-2)8-10-19/h3-4,15-16,18-21,26,29H,1-2,5-14,17H2/t18?,19?,20?,21?,26-/m0/s1. The summed E-state index contributed by atoms with van der Waals surface area (Å²) in [6.45, 7) is 7.86. The lowest BCUT2D eigenvalue weighted by Crippen LogP contribution is -2.27. The molecule has 0 spiro atoms. The average Bonchev–Trinajstić information content (AvgIpc) is 2.79. The molecule has 1 aromatic carbocycles. The maximum atomic E-state index is 14.6. The Bertz CT molecular complexity index is 701. The van der Waals surface area contributed by atoms with Crippen LogP contribution in [0.1, 0.15) is 75.9 Å². The number of benzene rings is 1. The number of hydrogen-bond acceptors (Lipinski definition) is 2. The van der Waals surface area contributed by atoms with Crippen LogP contribution in [0.25, 0.3) is 0 Å². The molecule has 0 bridgehead atoms. The summed E-state index contributed by atoms with van der Waals surface area (Å²) in [5, 5.41) is 10.8. The van der Waals surface area contributed by atoms with E-state index in [0.29, 0.717) is 24.9 Å². The maximum absolute atomic E-state index is 14.6. The van der Waals surface area contributed by atoms with Crippen LogP contribution in [0.2, 0.25) is 0 Å². The van der Waals surface area contributed by atoms with Crippen LogP contribution in [0.15, 0.2) is 37.4 Å². The third-order valence-corrected chi connectivity index (χ3v) is 7.29. The molecule has 0 unspecified atom stereocenters. The smallest absolute Gasteiger partial charge is 0.200 e. The van der Waals surface area contributed by atoms with Crippen molar-refractivity contribution in [3.63, 3.8) is 0 Å². The zero-order valence-corrected chi connectivity index (χ0v) is 18.0.